The van der Waals surface area contributed by atoms with Crippen LogP contribution in [0.3, 0.4) is 0 Å². The highest BCUT2D eigenvalue weighted by Crippen LogP contribution is 2.28. The van der Waals surface area contributed by atoms with Crippen LogP contribution in [0, 0.1) is 5.82 Å². The van der Waals surface area contributed by atoms with E-state index in [0.717, 1.165) is 24.0 Å². The van der Waals surface area contributed by atoms with Crippen molar-refractivity contribution in [2.24, 2.45) is 0 Å². The molecule has 3 atom stereocenters. The number of halogens is 1. The summed E-state index contributed by atoms with van der Waals surface area (Å²) in [5.41, 5.74) is 1.67. The lowest BCUT2D eigenvalue weighted by molar-refractivity contribution is -0.156. The fourth-order valence-corrected chi connectivity index (χ4v) is 5.01. The summed E-state index contributed by atoms with van der Waals surface area (Å²) in [5.74, 6) is -0.302. The van der Waals surface area contributed by atoms with Crippen molar-refractivity contribution in [1.82, 2.24) is 4.72 Å². The molecule has 7 heteroatoms. The number of sulfonamides is 1. The lowest BCUT2D eigenvalue weighted by Gasteiger charge is -2.38. The maximum absolute atomic E-state index is 13.0. The quantitative estimate of drug-likeness (QED) is 0.870. The number of nitrogens with one attached hydrogen (secondary N) is 1. The molecule has 2 aromatic rings. The smallest absolute Gasteiger partial charge is 0.240 e. The van der Waals surface area contributed by atoms with Crippen molar-refractivity contribution >= 4 is 10.0 Å². The first-order valence-electron chi connectivity index (χ1n) is 9.13. The maximum Gasteiger partial charge on any atom is 0.240 e. The fourth-order valence-electron chi connectivity index (χ4n) is 3.73. The largest absolute Gasteiger partial charge is 0.373 e. The predicted octanol–water partition coefficient (Wildman–Crippen LogP) is 3.11. The molecule has 0 spiro atoms. The molecule has 0 bridgehead atoms. The summed E-state index contributed by atoms with van der Waals surface area (Å²) < 4.78 is 52.7. The Morgan fingerprint density at radius 2 is 1.44 bits per heavy atom. The molecule has 1 N–H and O–H groups in total. The van der Waals surface area contributed by atoms with E-state index in [-0.39, 0.29) is 29.0 Å². The van der Waals surface area contributed by atoms with Gasteiger partial charge in [-0.15, -0.1) is 0 Å². The van der Waals surface area contributed by atoms with Crippen molar-refractivity contribution in [3.8, 4) is 11.1 Å². The summed E-state index contributed by atoms with van der Waals surface area (Å²) in [7, 11) is -3.61. The average Bonchev–Trinajstić information content (AvgIpc) is 2.68. The minimum absolute atomic E-state index is 0.0407. The van der Waals surface area contributed by atoms with Crippen molar-refractivity contribution in [2.75, 3.05) is 13.2 Å². The van der Waals surface area contributed by atoms with E-state index >= 15 is 0 Å². The number of hydrogen-bond acceptors (Lipinski definition) is 4. The second-order valence-electron chi connectivity index (χ2n) is 6.98. The lowest BCUT2D eigenvalue weighted by atomic mass is 9.90. The van der Waals surface area contributed by atoms with Gasteiger partial charge in [-0.2, -0.15) is 0 Å². The first-order valence-corrected chi connectivity index (χ1v) is 10.6. The van der Waals surface area contributed by atoms with Gasteiger partial charge in [-0.05, 0) is 54.7 Å². The van der Waals surface area contributed by atoms with E-state index < -0.39 is 10.0 Å². The van der Waals surface area contributed by atoms with Crippen LogP contribution in [0.5, 0.6) is 0 Å². The zero-order valence-electron chi connectivity index (χ0n) is 14.8. The van der Waals surface area contributed by atoms with E-state index in [4.69, 9.17) is 9.47 Å². The first-order chi connectivity index (χ1) is 13.0. The molecule has 2 aliphatic rings. The van der Waals surface area contributed by atoms with Crippen LogP contribution in [-0.2, 0) is 19.5 Å². The van der Waals surface area contributed by atoms with Gasteiger partial charge in [0.05, 0.1) is 30.3 Å². The fraction of sp³-hybridized carbons (Fsp3) is 0.400. The van der Waals surface area contributed by atoms with E-state index in [1.54, 1.807) is 36.4 Å². The molecule has 4 rings (SSSR count). The highest BCUT2D eigenvalue weighted by atomic mass is 32.2. The van der Waals surface area contributed by atoms with E-state index in [0.29, 0.717) is 19.6 Å². The summed E-state index contributed by atoms with van der Waals surface area (Å²) in [6, 6.07) is 12.6. The van der Waals surface area contributed by atoms with Crippen molar-refractivity contribution in [1.29, 1.82) is 0 Å². The highest BCUT2D eigenvalue weighted by Gasteiger charge is 2.35. The van der Waals surface area contributed by atoms with Crippen LogP contribution < -0.4 is 4.72 Å². The van der Waals surface area contributed by atoms with Gasteiger partial charge in [-0.1, -0.05) is 24.3 Å². The van der Waals surface area contributed by atoms with Crippen LogP contribution in [0.15, 0.2) is 53.4 Å². The van der Waals surface area contributed by atoms with Gasteiger partial charge in [0.25, 0.3) is 0 Å². The molecule has 27 heavy (non-hydrogen) atoms. The van der Waals surface area contributed by atoms with Gasteiger partial charge < -0.3 is 9.47 Å². The molecular weight excluding hydrogens is 369 g/mol. The third-order valence-corrected chi connectivity index (χ3v) is 6.68. The molecule has 0 aromatic heterocycles. The third kappa shape index (κ3) is 4.21. The molecule has 1 saturated carbocycles. The zero-order chi connectivity index (χ0) is 18.9. The molecule has 2 fully saturated rings. The van der Waals surface area contributed by atoms with Crippen LogP contribution in [0.2, 0.25) is 0 Å². The summed E-state index contributed by atoms with van der Waals surface area (Å²) in [5, 5.41) is 0. The Kier molecular flexibility index (Phi) is 5.27. The van der Waals surface area contributed by atoms with Gasteiger partial charge in [-0.3, -0.25) is 0 Å². The minimum atomic E-state index is -3.61. The van der Waals surface area contributed by atoms with Crippen molar-refractivity contribution in [3.63, 3.8) is 0 Å². The lowest BCUT2D eigenvalue weighted by Crippen LogP contribution is -2.49. The molecule has 2 aromatic carbocycles. The van der Waals surface area contributed by atoms with E-state index in [1.807, 2.05) is 0 Å². The van der Waals surface area contributed by atoms with Crippen LogP contribution in [0.4, 0.5) is 4.39 Å². The third-order valence-electron chi connectivity index (χ3n) is 5.14. The van der Waals surface area contributed by atoms with Gasteiger partial charge in [0.1, 0.15) is 5.82 Å². The molecule has 0 radical (unpaired) electrons. The van der Waals surface area contributed by atoms with Crippen LogP contribution >= 0.6 is 0 Å². The normalized spacial score (nSPS) is 25.7. The van der Waals surface area contributed by atoms with E-state index in [2.05, 4.69) is 4.72 Å². The number of ether oxygens (including phenoxy) is 2. The second-order valence-corrected chi connectivity index (χ2v) is 8.69. The van der Waals surface area contributed by atoms with Gasteiger partial charge >= 0.3 is 0 Å². The summed E-state index contributed by atoms with van der Waals surface area (Å²) in [4.78, 5) is 0.219. The second kappa shape index (κ2) is 7.67. The Balaban J connectivity index is 1.45. The number of fused-ring (bicyclic) bond motifs is 1. The Bertz CT molecular complexity index is 883. The summed E-state index contributed by atoms with van der Waals surface area (Å²) >= 11 is 0. The summed E-state index contributed by atoms with van der Waals surface area (Å²) in [6.07, 6.45) is 2.19. The molecule has 1 heterocycles. The molecule has 3 unspecified atom stereocenters. The van der Waals surface area contributed by atoms with Gasteiger partial charge in [0.2, 0.25) is 10.0 Å². The Hall–Kier alpha value is -1.80. The van der Waals surface area contributed by atoms with Crippen molar-refractivity contribution in [2.45, 2.75) is 42.4 Å². The molecule has 1 saturated heterocycles. The van der Waals surface area contributed by atoms with Crippen LogP contribution in [-0.4, -0.2) is 39.9 Å². The van der Waals surface area contributed by atoms with Crippen molar-refractivity contribution in [3.05, 3.63) is 54.3 Å². The Morgan fingerprint density at radius 3 is 2.11 bits per heavy atom. The SMILES string of the molecule is O=S(=O)(NC1CCC2OCCOC2C1)c1ccc(-c2ccc(F)cc2)cc1. The molecule has 1 aliphatic carbocycles. The van der Waals surface area contributed by atoms with E-state index in [9.17, 15) is 12.8 Å². The monoisotopic (exact) mass is 391 g/mol. The highest BCUT2D eigenvalue weighted by molar-refractivity contribution is 7.89. The molecule has 1 aliphatic heterocycles. The predicted molar refractivity (Wildman–Crippen MR) is 99.3 cm³/mol. The number of benzene rings is 2. The number of hydrogen-bond donors (Lipinski definition) is 1. The van der Waals surface area contributed by atoms with Crippen LogP contribution in [0.25, 0.3) is 11.1 Å². The summed E-state index contributed by atoms with van der Waals surface area (Å²) in [6.45, 7) is 1.17. The molecular formula is C20H22FNO4S. The van der Waals surface area contributed by atoms with Gasteiger partial charge in [0, 0.05) is 6.04 Å². The standard InChI is InChI=1S/C20H22FNO4S/c21-16-5-1-14(2-6-16)15-3-8-18(9-4-15)27(23,24)22-17-7-10-19-20(13-17)26-12-11-25-19/h1-6,8-9,17,19-20,22H,7,10-13H2. The van der Waals surface area contributed by atoms with Gasteiger partial charge in [-0.25, -0.2) is 17.5 Å². The number of rotatable bonds is 4. The minimum Gasteiger partial charge on any atom is -0.373 e. The maximum atomic E-state index is 13.0. The Morgan fingerprint density at radius 1 is 0.852 bits per heavy atom. The van der Waals surface area contributed by atoms with Gasteiger partial charge in [0.15, 0.2) is 0 Å². The average molecular weight is 391 g/mol. The van der Waals surface area contributed by atoms with Crippen molar-refractivity contribution < 1.29 is 22.3 Å². The van der Waals surface area contributed by atoms with E-state index in [1.165, 1.54) is 12.1 Å². The first kappa shape index (κ1) is 18.6. The van der Waals surface area contributed by atoms with Crippen LogP contribution in [0.1, 0.15) is 19.3 Å². The molecule has 144 valence electrons. The Labute approximate surface area is 158 Å². The molecule has 0 amide bonds. The topological polar surface area (TPSA) is 64.6 Å². The molecule has 5 nitrogen and oxygen atoms in total. The zero-order valence-corrected chi connectivity index (χ0v) is 15.6.